The molecule has 1 N–H and O–H groups in total. The maximum absolute atomic E-state index is 5.45. The number of nitrogens with one attached hydrogen (secondary N) is 1. The summed E-state index contributed by atoms with van der Waals surface area (Å²) in [7, 11) is 0. The lowest BCUT2D eigenvalue weighted by atomic mass is 9.74. The summed E-state index contributed by atoms with van der Waals surface area (Å²) in [6.07, 6.45) is 9.50. The van der Waals surface area contributed by atoms with Gasteiger partial charge in [-0.2, -0.15) is 0 Å². The van der Waals surface area contributed by atoms with E-state index in [2.05, 4.69) is 19.2 Å². The minimum Gasteiger partial charge on any atom is -0.381 e. The molecule has 2 rings (SSSR count). The molecule has 0 aromatic rings. The Morgan fingerprint density at radius 1 is 1.24 bits per heavy atom. The lowest BCUT2D eigenvalue weighted by molar-refractivity contribution is 0.0562. The average Bonchev–Trinajstić information content (AvgIpc) is 2.38. The molecular weight excluding hydrogens is 210 g/mol. The van der Waals surface area contributed by atoms with E-state index in [9.17, 15) is 0 Å². The van der Waals surface area contributed by atoms with E-state index in [4.69, 9.17) is 4.74 Å². The molecule has 2 aliphatic heterocycles. The van der Waals surface area contributed by atoms with E-state index in [0.717, 1.165) is 25.0 Å². The lowest BCUT2D eigenvalue weighted by Crippen LogP contribution is -2.52. The Hall–Kier alpha value is -0.0800. The van der Waals surface area contributed by atoms with Crippen molar-refractivity contribution < 1.29 is 4.74 Å². The van der Waals surface area contributed by atoms with Gasteiger partial charge in [-0.3, -0.25) is 0 Å². The maximum Gasteiger partial charge on any atom is 0.0468 e. The van der Waals surface area contributed by atoms with Crippen LogP contribution in [-0.4, -0.2) is 25.3 Å². The molecule has 0 spiro atoms. The van der Waals surface area contributed by atoms with Crippen LogP contribution in [0.3, 0.4) is 0 Å². The van der Waals surface area contributed by atoms with Crippen LogP contribution in [0.25, 0.3) is 0 Å². The zero-order valence-corrected chi connectivity index (χ0v) is 11.6. The molecule has 100 valence electrons. The lowest BCUT2D eigenvalue weighted by Gasteiger charge is -2.43. The average molecular weight is 239 g/mol. The van der Waals surface area contributed by atoms with Crippen LogP contribution in [0.2, 0.25) is 0 Å². The van der Waals surface area contributed by atoms with Gasteiger partial charge in [0, 0.05) is 18.8 Å². The van der Waals surface area contributed by atoms with E-state index in [0.29, 0.717) is 5.54 Å². The molecule has 0 amide bonds. The topological polar surface area (TPSA) is 21.3 Å². The third-order valence-electron chi connectivity index (χ3n) is 4.97. The third kappa shape index (κ3) is 3.45. The molecule has 2 nitrogen and oxygen atoms in total. The van der Waals surface area contributed by atoms with E-state index < -0.39 is 0 Å². The summed E-state index contributed by atoms with van der Waals surface area (Å²) in [5.41, 5.74) is 0.441. The van der Waals surface area contributed by atoms with Crippen molar-refractivity contribution in [1.29, 1.82) is 0 Å². The normalized spacial score (nSPS) is 31.9. The summed E-state index contributed by atoms with van der Waals surface area (Å²) in [6, 6.07) is 0. The highest BCUT2D eigenvalue weighted by Crippen LogP contribution is 2.34. The molecule has 2 heteroatoms. The second-order valence-electron chi connectivity index (χ2n) is 6.29. The highest BCUT2D eigenvalue weighted by atomic mass is 16.5. The first kappa shape index (κ1) is 13.4. The van der Waals surface area contributed by atoms with E-state index in [1.165, 1.54) is 51.5 Å². The fourth-order valence-electron chi connectivity index (χ4n) is 3.48. The molecule has 0 aromatic heterocycles. The summed E-state index contributed by atoms with van der Waals surface area (Å²) in [5, 5.41) is 3.84. The second kappa shape index (κ2) is 6.19. The summed E-state index contributed by atoms with van der Waals surface area (Å²) < 4.78 is 5.45. The molecule has 0 bridgehead atoms. The predicted octanol–water partition coefficient (Wildman–Crippen LogP) is 3.36. The molecule has 2 heterocycles. The van der Waals surface area contributed by atoms with Gasteiger partial charge in [-0.05, 0) is 56.9 Å². The number of hydrogen-bond donors (Lipinski definition) is 1. The molecule has 0 aromatic carbocycles. The minimum atomic E-state index is 0.441. The van der Waals surface area contributed by atoms with E-state index in [-0.39, 0.29) is 0 Å². The van der Waals surface area contributed by atoms with Crippen LogP contribution in [0.4, 0.5) is 0 Å². The fourth-order valence-corrected chi connectivity index (χ4v) is 3.48. The van der Waals surface area contributed by atoms with Crippen LogP contribution < -0.4 is 5.32 Å². The molecule has 0 saturated carbocycles. The molecule has 1 unspecified atom stereocenters. The Kier molecular flexibility index (Phi) is 4.87. The highest BCUT2D eigenvalue weighted by molar-refractivity contribution is 4.93. The van der Waals surface area contributed by atoms with E-state index in [1.54, 1.807) is 0 Å². The molecule has 0 aliphatic carbocycles. The van der Waals surface area contributed by atoms with E-state index in [1.807, 2.05) is 0 Å². The standard InChI is InChI=1S/C15H29NO/c1-13(2)15(8-3-4-10-16-15)9-5-14-6-11-17-12-7-14/h13-14,16H,3-12H2,1-2H3. The second-order valence-corrected chi connectivity index (χ2v) is 6.29. The van der Waals surface area contributed by atoms with Crippen LogP contribution in [0, 0.1) is 11.8 Å². The first-order chi connectivity index (χ1) is 8.23. The van der Waals surface area contributed by atoms with Crippen LogP contribution in [0.15, 0.2) is 0 Å². The van der Waals surface area contributed by atoms with Gasteiger partial charge in [-0.25, -0.2) is 0 Å². The summed E-state index contributed by atoms with van der Waals surface area (Å²) in [6.45, 7) is 8.00. The van der Waals surface area contributed by atoms with Crippen molar-refractivity contribution in [1.82, 2.24) is 5.32 Å². The SMILES string of the molecule is CC(C)C1(CCC2CCOCC2)CCCCN1. The zero-order chi connectivity index (χ0) is 12.1. The molecule has 17 heavy (non-hydrogen) atoms. The molecule has 2 saturated heterocycles. The van der Waals surface area contributed by atoms with E-state index >= 15 is 0 Å². The van der Waals surface area contributed by atoms with Gasteiger partial charge in [0.2, 0.25) is 0 Å². The molecule has 1 atom stereocenters. The minimum absolute atomic E-state index is 0.441. The largest absolute Gasteiger partial charge is 0.381 e. The predicted molar refractivity (Wildman–Crippen MR) is 72.2 cm³/mol. The Bertz CT molecular complexity index is 215. The van der Waals surface area contributed by atoms with Crippen LogP contribution in [0.5, 0.6) is 0 Å². The van der Waals surface area contributed by atoms with Crippen molar-refractivity contribution in [2.24, 2.45) is 11.8 Å². The Morgan fingerprint density at radius 3 is 2.59 bits per heavy atom. The number of rotatable bonds is 4. The third-order valence-corrected chi connectivity index (χ3v) is 4.97. The zero-order valence-electron chi connectivity index (χ0n) is 11.6. The van der Waals surface area contributed by atoms with Crippen molar-refractivity contribution in [3.63, 3.8) is 0 Å². The van der Waals surface area contributed by atoms with Crippen molar-refractivity contribution >= 4 is 0 Å². The van der Waals surface area contributed by atoms with Crippen molar-refractivity contribution in [2.45, 2.75) is 64.3 Å². The summed E-state index contributed by atoms with van der Waals surface area (Å²) in [4.78, 5) is 0. The first-order valence-corrected chi connectivity index (χ1v) is 7.56. The van der Waals surface area contributed by atoms with Crippen molar-refractivity contribution in [3.05, 3.63) is 0 Å². The highest BCUT2D eigenvalue weighted by Gasteiger charge is 2.35. The van der Waals surface area contributed by atoms with Crippen LogP contribution in [0.1, 0.15) is 58.8 Å². The molecule has 2 aliphatic rings. The van der Waals surface area contributed by atoms with Crippen molar-refractivity contribution in [2.75, 3.05) is 19.8 Å². The fraction of sp³-hybridized carbons (Fsp3) is 1.00. The van der Waals surface area contributed by atoms with Gasteiger partial charge in [0.05, 0.1) is 0 Å². The van der Waals surface area contributed by atoms with Crippen LogP contribution >= 0.6 is 0 Å². The van der Waals surface area contributed by atoms with Gasteiger partial charge < -0.3 is 10.1 Å². The Balaban J connectivity index is 1.84. The molecule has 2 fully saturated rings. The van der Waals surface area contributed by atoms with Crippen molar-refractivity contribution in [3.8, 4) is 0 Å². The number of hydrogen-bond acceptors (Lipinski definition) is 2. The molecule has 0 radical (unpaired) electrons. The van der Waals surface area contributed by atoms with Gasteiger partial charge in [-0.1, -0.05) is 20.3 Å². The monoisotopic (exact) mass is 239 g/mol. The van der Waals surface area contributed by atoms with Gasteiger partial charge in [0.25, 0.3) is 0 Å². The van der Waals surface area contributed by atoms with Gasteiger partial charge >= 0.3 is 0 Å². The van der Waals surface area contributed by atoms with Gasteiger partial charge in [0.15, 0.2) is 0 Å². The molecular formula is C15H29NO. The Labute approximate surface area is 107 Å². The van der Waals surface area contributed by atoms with Gasteiger partial charge in [-0.15, -0.1) is 0 Å². The number of ether oxygens (including phenoxy) is 1. The van der Waals surface area contributed by atoms with Crippen LogP contribution in [-0.2, 0) is 4.74 Å². The smallest absolute Gasteiger partial charge is 0.0468 e. The maximum atomic E-state index is 5.45. The Morgan fingerprint density at radius 2 is 2.00 bits per heavy atom. The number of piperidine rings is 1. The summed E-state index contributed by atoms with van der Waals surface area (Å²) >= 11 is 0. The summed E-state index contributed by atoms with van der Waals surface area (Å²) in [5.74, 6) is 1.69. The quantitative estimate of drug-likeness (QED) is 0.812. The van der Waals surface area contributed by atoms with Gasteiger partial charge in [0.1, 0.15) is 0 Å². The first-order valence-electron chi connectivity index (χ1n) is 7.56.